The van der Waals surface area contributed by atoms with Crippen LogP contribution in [0.3, 0.4) is 0 Å². The summed E-state index contributed by atoms with van der Waals surface area (Å²) in [6.45, 7) is 2.71. The van der Waals surface area contributed by atoms with Crippen molar-refractivity contribution < 1.29 is 13.5 Å². The zero-order valence-corrected chi connectivity index (χ0v) is 13.7. The van der Waals surface area contributed by atoms with Crippen LogP contribution < -0.4 is 0 Å². The van der Waals surface area contributed by atoms with Crippen molar-refractivity contribution in [2.24, 2.45) is 0 Å². The number of nitrogens with zero attached hydrogens (tertiary/aromatic N) is 2. The van der Waals surface area contributed by atoms with Crippen molar-refractivity contribution in [2.75, 3.05) is 26.2 Å². The van der Waals surface area contributed by atoms with E-state index in [1.54, 1.807) is 15.8 Å². The number of hydrogen-bond donors (Lipinski definition) is 1. The van der Waals surface area contributed by atoms with E-state index in [1.165, 1.54) is 37.0 Å². The van der Waals surface area contributed by atoms with E-state index in [4.69, 9.17) is 5.11 Å². The van der Waals surface area contributed by atoms with Crippen LogP contribution in [0.1, 0.15) is 31.2 Å². The van der Waals surface area contributed by atoms with Gasteiger partial charge in [-0.05, 0) is 29.9 Å². The lowest BCUT2D eigenvalue weighted by molar-refractivity contribution is 0.139. The molecule has 21 heavy (non-hydrogen) atoms. The molecule has 0 radical (unpaired) electrons. The van der Waals surface area contributed by atoms with Crippen LogP contribution >= 0.6 is 11.3 Å². The highest BCUT2D eigenvalue weighted by molar-refractivity contribution is 7.91. The summed E-state index contributed by atoms with van der Waals surface area (Å²) in [5.74, 6) is 0. The molecule has 3 rings (SSSR count). The largest absolute Gasteiger partial charge is 0.392 e. The Labute approximate surface area is 130 Å². The van der Waals surface area contributed by atoms with Gasteiger partial charge in [-0.2, -0.15) is 4.31 Å². The van der Waals surface area contributed by atoms with Crippen molar-refractivity contribution in [1.82, 2.24) is 9.21 Å². The van der Waals surface area contributed by atoms with Gasteiger partial charge in [0.1, 0.15) is 4.21 Å². The Kier molecular flexibility index (Phi) is 4.66. The summed E-state index contributed by atoms with van der Waals surface area (Å²) in [6.07, 6.45) is 5.14. The van der Waals surface area contributed by atoms with Crippen molar-refractivity contribution in [3.05, 3.63) is 17.0 Å². The molecule has 2 heterocycles. The van der Waals surface area contributed by atoms with Crippen molar-refractivity contribution >= 4 is 21.4 Å². The molecule has 0 aromatic carbocycles. The molecule has 2 fully saturated rings. The number of sulfonamides is 1. The standard InChI is InChI=1S/C14H22N2O3S2/c17-10-12-9-14(20-11-12)21(18,19)16-7-5-15(6-8-16)13-3-1-2-4-13/h9,11,13,17H,1-8,10H2. The fourth-order valence-corrected chi connectivity index (χ4v) is 6.05. The molecule has 0 amide bonds. The highest BCUT2D eigenvalue weighted by Crippen LogP contribution is 2.27. The number of aliphatic hydroxyl groups excluding tert-OH is 1. The Balaban J connectivity index is 1.65. The van der Waals surface area contributed by atoms with Gasteiger partial charge in [-0.1, -0.05) is 12.8 Å². The molecule has 5 nitrogen and oxygen atoms in total. The van der Waals surface area contributed by atoms with E-state index in [-0.39, 0.29) is 6.61 Å². The first kappa shape index (κ1) is 15.4. The summed E-state index contributed by atoms with van der Waals surface area (Å²) in [6, 6.07) is 2.25. The molecular formula is C14H22N2O3S2. The molecule has 1 aliphatic heterocycles. The zero-order valence-electron chi connectivity index (χ0n) is 12.1. The van der Waals surface area contributed by atoms with Crippen LogP contribution in [0.5, 0.6) is 0 Å². The van der Waals surface area contributed by atoms with Gasteiger partial charge >= 0.3 is 0 Å². The minimum absolute atomic E-state index is 0.110. The molecular weight excluding hydrogens is 308 g/mol. The monoisotopic (exact) mass is 330 g/mol. The lowest BCUT2D eigenvalue weighted by atomic mass is 10.2. The quantitative estimate of drug-likeness (QED) is 0.909. The molecule has 0 bridgehead atoms. The summed E-state index contributed by atoms with van der Waals surface area (Å²) < 4.78 is 27.1. The number of hydrogen-bond acceptors (Lipinski definition) is 5. The molecule has 1 N–H and O–H groups in total. The minimum atomic E-state index is -3.38. The zero-order chi connectivity index (χ0) is 14.9. The molecule has 118 valence electrons. The SMILES string of the molecule is O=S(=O)(c1cc(CO)cs1)N1CCN(C2CCCC2)CC1. The van der Waals surface area contributed by atoms with Gasteiger partial charge in [0.05, 0.1) is 6.61 Å². The van der Waals surface area contributed by atoms with E-state index in [0.717, 1.165) is 13.1 Å². The lowest BCUT2D eigenvalue weighted by Gasteiger charge is -2.37. The van der Waals surface area contributed by atoms with E-state index >= 15 is 0 Å². The lowest BCUT2D eigenvalue weighted by Crippen LogP contribution is -2.51. The summed E-state index contributed by atoms with van der Waals surface area (Å²) in [7, 11) is -3.38. The van der Waals surface area contributed by atoms with E-state index < -0.39 is 10.0 Å². The molecule has 1 saturated carbocycles. The predicted molar refractivity (Wildman–Crippen MR) is 82.8 cm³/mol. The highest BCUT2D eigenvalue weighted by atomic mass is 32.2. The Morgan fingerprint density at radius 1 is 1.19 bits per heavy atom. The third kappa shape index (κ3) is 3.17. The molecule has 0 spiro atoms. The molecule has 1 aromatic rings. The fraction of sp³-hybridized carbons (Fsp3) is 0.714. The van der Waals surface area contributed by atoms with E-state index in [9.17, 15) is 8.42 Å². The topological polar surface area (TPSA) is 60.9 Å². The summed E-state index contributed by atoms with van der Waals surface area (Å²) in [5, 5.41) is 10.8. The van der Waals surface area contributed by atoms with E-state index in [0.29, 0.717) is 28.9 Å². The van der Waals surface area contributed by atoms with Gasteiger partial charge in [-0.25, -0.2) is 8.42 Å². The normalized spacial score (nSPS) is 22.9. The van der Waals surface area contributed by atoms with Crippen LogP contribution in [0.25, 0.3) is 0 Å². The maximum absolute atomic E-state index is 12.6. The third-order valence-corrected chi connectivity index (χ3v) is 7.88. The van der Waals surface area contributed by atoms with Crippen molar-refractivity contribution in [2.45, 2.75) is 42.5 Å². The van der Waals surface area contributed by atoms with Gasteiger partial charge in [0, 0.05) is 32.2 Å². The van der Waals surface area contributed by atoms with E-state index in [2.05, 4.69) is 4.90 Å². The van der Waals surface area contributed by atoms with Gasteiger partial charge in [-0.15, -0.1) is 11.3 Å². The van der Waals surface area contributed by atoms with Gasteiger partial charge in [0.25, 0.3) is 10.0 Å². The van der Waals surface area contributed by atoms with Gasteiger partial charge in [0.2, 0.25) is 0 Å². The second-order valence-corrected chi connectivity index (χ2v) is 8.89. The Hall–Kier alpha value is -0.470. The first-order valence-electron chi connectivity index (χ1n) is 7.54. The summed E-state index contributed by atoms with van der Waals surface area (Å²) in [5.41, 5.74) is 0.670. The smallest absolute Gasteiger partial charge is 0.252 e. The maximum Gasteiger partial charge on any atom is 0.252 e. The van der Waals surface area contributed by atoms with E-state index in [1.807, 2.05) is 0 Å². The first-order valence-corrected chi connectivity index (χ1v) is 9.85. The molecule has 1 aliphatic carbocycles. The summed E-state index contributed by atoms with van der Waals surface area (Å²) >= 11 is 1.20. The van der Waals surface area contributed by atoms with Gasteiger partial charge < -0.3 is 5.11 Å². The van der Waals surface area contributed by atoms with Crippen LogP contribution in [0.15, 0.2) is 15.7 Å². The average Bonchev–Trinajstić information content (AvgIpc) is 3.19. The molecule has 7 heteroatoms. The highest BCUT2D eigenvalue weighted by Gasteiger charge is 2.32. The Bertz CT molecular complexity index is 571. The maximum atomic E-state index is 12.6. The number of thiophene rings is 1. The Morgan fingerprint density at radius 2 is 1.86 bits per heavy atom. The molecule has 0 atom stereocenters. The minimum Gasteiger partial charge on any atom is -0.392 e. The number of rotatable bonds is 4. The first-order chi connectivity index (χ1) is 10.1. The number of aliphatic hydroxyl groups is 1. The predicted octanol–water partition coefficient (Wildman–Crippen LogP) is 1.49. The molecule has 0 unspecified atom stereocenters. The third-order valence-electron chi connectivity index (χ3n) is 4.52. The average molecular weight is 330 g/mol. The van der Waals surface area contributed by atoms with Crippen molar-refractivity contribution in [1.29, 1.82) is 0 Å². The molecule has 1 saturated heterocycles. The van der Waals surface area contributed by atoms with Crippen LogP contribution in [-0.4, -0.2) is 55.0 Å². The van der Waals surface area contributed by atoms with Crippen LogP contribution in [0.2, 0.25) is 0 Å². The summed E-state index contributed by atoms with van der Waals surface area (Å²) in [4.78, 5) is 2.45. The molecule has 1 aromatic heterocycles. The number of piperazine rings is 1. The molecule has 2 aliphatic rings. The van der Waals surface area contributed by atoms with Crippen LogP contribution in [0, 0.1) is 0 Å². The van der Waals surface area contributed by atoms with Crippen molar-refractivity contribution in [3.8, 4) is 0 Å². The second kappa shape index (κ2) is 6.34. The second-order valence-electron chi connectivity index (χ2n) is 5.81. The Morgan fingerprint density at radius 3 is 2.43 bits per heavy atom. The van der Waals surface area contributed by atoms with Crippen molar-refractivity contribution in [3.63, 3.8) is 0 Å². The van der Waals surface area contributed by atoms with Gasteiger partial charge in [-0.3, -0.25) is 4.90 Å². The fourth-order valence-electron chi connectivity index (χ4n) is 3.28. The van der Waals surface area contributed by atoms with Crippen LogP contribution in [-0.2, 0) is 16.6 Å². The van der Waals surface area contributed by atoms with Crippen LogP contribution in [0.4, 0.5) is 0 Å². The van der Waals surface area contributed by atoms with Gasteiger partial charge in [0.15, 0.2) is 0 Å².